The van der Waals surface area contributed by atoms with Crippen LogP contribution in [0.5, 0.6) is 0 Å². The summed E-state index contributed by atoms with van der Waals surface area (Å²) in [7, 11) is -2.87. The maximum Gasteiger partial charge on any atom is 0.397 e. The first-order valence-electron chi connectivity index (χ1n) is 14.1. The summed E-state index contributed by atoms with van der Waals surface area (Å²) in [5.41, 5.74) is 4.50. The van der Waals surface area contributed by atoms with Gasteiger partial charge < -0.3 is 5.73 Å². The summed E-state index contributed by atoms with van der Waals surface area (Å²) in [5, 5.41) is 0. The molecule has 33 heavy (non-hydrogen) atoms. The van der Waals surface area contributed by atoms with Crippen molar-refractivity contribution < 1.29 is 17.2 Å². The van der Waals surface area contributed by atoms with Crippen LogP contribution >= 0.6 is 0 Å². The van der Waals surface area contributed by atoms with Gasteiger partial charge in [0.2, 0.25) is 0 Å². The first-order chi connectivity index (χ1) is 15.9. The third-order valence-electron chi connectivity index (χ3n) is 6.49. The number of rotatable bonds is 24. The fourth-order valence-corrected chi connectivity index (χ4v) is 4.98. The first kappa shape index (κ1) is 35.0. The standard InChI is InChI=1S/C26H54O4S.CH5N/c1-4-6-8-9-10-11-12-13-14-15-16-17-18-19-20-22-23-25(3)26(24-21-7-5-2)30-31(27,28)29;1-2/h25-26H,4-24H2,1-3H3,(H,27,28,29);2H2,1H3. The molecule has 0 saturated heterocycles. The molecule has 0 aromatic rings. The fourth-order valence-electron chi connectivity index (χ4n) is 4.38. The van der Waals surface area contributed by atoms with Crippen molar-refractivity contribution in [2.24, 2.45) is 11.7 Å². The molecule has 0 aromatic heterocycles. The van der Waals surface area contributed by atoms with Gasteiger partial charge in [0.25, 0.3) is 0 Å². The van der Waals surface area contributed by atoms with E-state index in [-0.39, 0.29) is 5.92 Å². The Kier molecular flexibility index (Phi) is 28.0. The zero-order valence-corrected chi connectivity index (χ0v) is 23.5. The van der Waals surface area contributed by atoms with Crippen molar-refractivity contribution in [2.45, 2.75) is 162 Å². The second kappa shape index (κ2) is 26.4. The van der Waals surface area contributed by atoms with Gasteiger partial charge >= 0.3 is 10.4 Å². The summed E-state index contributed by atoms with van der Waals surface area (Å²) in [6, 6.07) is 0. The van der Waals surface area contributed by atoms with Crippen LogP contribution in [0, 0.1) is 5.92 Å². The quantitative estimate of drug-likeness (QED) is 0.104. The second-order valence-corrected chi connectivity index (χ2v) is 10.7. The van der Waals surface area contributed by atoms with E-state index in [9.17, 15) is 8.42 Å². The molecule has 0 amide bonds. The summed E-state index contributed by atoms with van der Waals surface area (Å²) in [4.78, 5) is 0. The van der Waals surface area contributed by atoms with Crippen molar-refractivity contribution >= 4 is 10.4 Å². The topological polar surface area (TPSA) is 89.6 Å². The van der Waals surface area contributed by atoms with Crippen molar-refractivity contribution in [1.29, 1.82) is 0 Å². The van der Waals surface area contributed by atoms with Crippen LogP contribution in [-0.4, -0.2) is 26.1 Å². The molecule has 0 aliphatic rings. The van der Waals surface area contributed by atoms with Crippen LogP contribution in [0.3, 0.4) is 0 Å². The molecule has 6 heteroatoms. The Morgan fingerprint density at radius 3 is 1.27 bits per heavy atom. The van der Waals surface area contributed by atoms with Gasteiger partial charge in [-0.1, -0.05) is 143 Å². The molecule has 2 unspecified atom stereocenters. The Morgan fingerprint density at radius 1 is 0.606 bits per heavy atom. The van der Waals surface area contributed by atoms with Gasteiger partial charge in [0.05, 0.1) is 6.10 Å². The maximum absolute atomic E-state index is 11.1. The summed E-state index contributed by atoms with van der Waals surface area (Å²) in [6.45, 7) is 6.45. The molecule has 0 aromatic carbocycles. The van der Waals surface area contributed by atoms with Crippen LogP contribution in [0.4, 0.5) is 0 Å². The van der Waals surface area contributed by atoms with Gasteiger partial charge in [-0.25, -0.2) is 4.18 Å². The van der Waals surface area contributed by atoms with E-state index in [1.807, 2.05) is 6.92 Å². The SMILES string of the molecule is CCCCCCCCCCCCCCCCCCC(C)C(CCCCC)OS(=O)(=O)O.CN. The highest BCUT2D eigenvalue weighted by Gasteiger charge is 2.22. The Balaban J connectivity index is 0. The molecule has 5 nitrogen and oxygen atoms in total. The minimum Gasteiger partial charge on any atom is -0.333 e. The predicted octanol–water partition coefficient (Wildman–Crippen LogP) is 8.62. The molecule has 0 spiro atoms. The predicted molar refractivity (Wildman–Crippen MR) is 144 cm³/mol. The number of hydrogen-bond donors (Lipinski definition) is 2. The Hall–Kier alpha value is -0.170. The van der Waals surface area contributed by atoms with Crippen LogP contribution in [-0.2, 0) is 14.6 Å². The largest absolute Gasteiger partial charge is 0.397 e. The monoisotopic (exact) mass is 493 g/mol. The summed E-state index contributed by atoms with van der Waals surface area (Å²) in [5.74, 6) is 0.158. The Bertz CT molecular complexity index is 471. The van der Waals surface area contributed by atoms with Gasteiger partial charge in [0, 0.05) is 0 Å². The number of unbranched alkanes of at least 4 members (excludes halogenated alkanes) is 17. The molecule has 0 aliphatic carbocycles. The molecule has 202 valence electrons. The molecular weight excluding hydrogens is 434 g/mol. The molecule has 0 rings (SSSR count). The molecule has 0 aliphatic heterocycles. The van der Waals surface area contributed by atoms with Crippen LogP contribution in [0.1, 0.15) is 156 Å². The van der Waals surface area contributed by atoms with Crippen LogP contribution in [0.25, 0.3) is 0 Å². The highest BCUT2D eigenvalue weighted by atomic mass is 32.3. The number of nitrogens with two attached hydrogens (primary N) is 1. The molecule has 0 fully saturated rings. The van der Waals surface area contributed by atoms with Gasteiger partial charge in [-0.2, -0.15) is 8.42 Å². The Morgan fingerprint density at radius 2 is 0.909 bits per heavy atom. The van der Waals surface area contributed by atoms with E-state index in [2.05, 4.69) is 19.6 Å². The summed E-state index contributed by atoms with van der Waals surface area (Å²) >= 11 is 0. The van der Waals surface area contributed by atoms with E-state index < -0.39 is 16.5 Å². The lowest BCUT2D eigenvalue weighted by molar-refractivity contribution is 0.113. The van der Waals surface area contributed by atoms with Crippen molar-refractivity contribution in [1.82, 2.24) is 0 Å². The second-order valence-electron chi connectivity index (χ2n) is 9.63. The molecule has 0 radical (unpaired) electrons. The Labute approximate surface area is 208 Å². The molecule has 0 heterocycles. The zero-order chi connectivity index (χ0) is 25.2. The summed E-state index contributed by atoms with van der Waals surface area (Å²) in [6.07, 6.45) is 26.1. The zero-order valence-electron chi connectivity index (χ0n) is 22.7. The van der Waals surface area contributed by atoms with Crippen molar-refractivity contribution in [3.05, 3.63) is 0 Å². The van der Waals surface area contributed by atoms with Crippen molar-refractivity contribution in [3.8, 4) is 0 Å². The molecule has 0 saturated carbocycles. The highest BCUT2D eigenvalue weighted by Crippen LogP contribution is 2.23. The normalized spacial score (nSPS) is 13.4. The van der Waals surface area contributed by atoms with Gasteiger partial charge in [0.1, 0.15) is 0 Å². The average Bonchev–Trinajstić information content (AvgIpc) is 2.78. The molecule has 3 N–H and O–H groups in total. The van der Waals surface area contributed by atoms with Crippen molar-refractivity contribution in [2.75, 3.05) is 7.05 Å². The summed E-state index contributed by atoms with van der Waals surface area (Å²) < 4.78 is 36.3. The minimum absolute atomic E-state index is 0.158. The number of hydrogen-bond acceptors (Lipinski definition) is 4. The van der Waals surface area contributed by atoms with E-state index in [1.54, 1.807) is 0 Å². The lowest BCUT2D eigenvalue weighted by Crippen LogP contribution is -2.25. The lowest BCUT2D eigenvalue weighted by atomic mass is 9.93. The smallest absolute Gasteiger partial charge is 0.333 e. The van der Waals surface area contributed by atoms with Gasteiger partial charge in [-0.05, 0) is 25.8 Å². The molecular formula is C27H59NO4S. The maximum atomic E-state index is 11.1. The minimum atomic E-state index is -4.37. The van der Waals surface area contributed by atoms with Crippen molar-refractivity contribution in [3.63, 3.8) is 0 Å². The van der Waals surface area contributed by atoms with E-state index >= 15 is 0 Å². The average molecular weight is 494 g/mol. The molecule has 2 atom stereocenters. The lowest BCUT2D eigenvalue weighted by Gasteiger charge is -2.22. The highest BCUT2D eigenvalue weighted by molar-refractivity contribution is 7.80. The van der Waals surface area contributed by atoms with E-state index in [0.717, 1.165) is 32.1 Å². The van der Waals surface area contributed by atoms with Gasteiger partial charge in [0.15, 0.2) is 0 Å². The third kappa shape index (κ3) is 28.0. The van der Waals surface area contributed by atoms with E-state index in [0.29, 0.717) is 6.42 Å². The van der Waals surface area contributed by atoms with E-state index in [1.165, 1.54) is 103 Å². The molecule has 0 bridgehead atoms. The van der Waals surface area contributed by atoms with Gasteiger partial charge in [-0.15, -0.1) is 0 Å². The third-order valence-corrected chi connectivity index (χ3v) is 6.98. The van der Waals surface area contributed by atoms with Crippen LogP contribution < -0.4 is 5.73 Å². The first-order valence-corrected chi connectivity index (χ1v) is 15.5. The fraction of sp³-hybridized carbons (Fsp3) is 1.00. The van der Waals surface area contributed by atoms with Crippen LogP contribution in [0.2, 0.25) is 0 Å². The van der Waals surface area contributed by atoms with Crippen LogP contribution in [0.15, 0.2) is 0 Å². The van der Waals surface area contributed by atoms with E-state index in [4.69, 9.17) is 8.74 Å². The van der Waals surface area contributed by atoms with Gasteiger partial charge in [-0.3, -0.25) is 4.55 Å².